The Morgan fingerprint density at radius 2 is 2.33 bits per heavy atom. The number of nitrogens with zero attached hydrogens (tertiary/aromatic N) is 2. The zero-order valence-corrected chi connectivity index (χ0v) is 9.37. The fourth-order valence-electron chi connectivity index (χ4n) is 1.45. The summed E-state index contributed by atoms with van der Waals surface area (Å²) < 4.78 is 4.97. The van der Waals surface area contributed by atoms with Crippen molar-refractivity contribution < 1.29 is 4.42 Å². The molecule has 0 atom stereocenters. The van der Waals surface area contributed by atoms with Gasteiger partial charge in [0.25, 0.3) is 0 Å². The summed E-state index contributed by atoms with van der Waals surface area (Å²) in [6.45, 7) is 2.61. The van der Waals surface area contributed by atoms with Gasteiger partial charge in [-0.3, -0.25) is 0 Å². The molecular weight excluding hydrogens is 210 g/mol. The Morgan fingerprint density at radius 1 is 1.53 bits per heavy atom. The van der Waals surface area contributed by atoms with E-state index in [1.807, 2.05) is 17.8 Å². The van der Waals surface area contributed by atoms with Crippen LogP contribution in [-0.4, -0.2) is 35.5 Å². The van der Waals surface area contributed by atoms with Crippen LogP contribution in [0.5, 0.6) is 0 Å². The van der Waals surface area contributed by atoms with Gasteiger partial charge in [0.2, 0.25) is 0 Å². The minimum Gasteiger partial charge on any atom is -0.472 e. The van der Waals surface area contributed by atoms with E-state index in [2.05, 4.69) is 9.89 Å². The summed E-state index contributed by atoms with van der Waals surface area (Å²) in [5.41, 5.74) is 6.96. The van der Waals surface area contributed by atoms with Gasteiger partial charge >= 0.3 is 0 Å². The standard InChI is InChI=1S/C10H15N3OS/c11-10(13-2-5-15-6-3-13)12-7-9-1-4-14-8-9/h1,4,8H,2-3,5-7H2,(H2,11,12). The summed E-state index contributed by atoms with van der Waals surface area (Å²) in [6, 6.07) is 1.91. The Morgan fingerprint density at radius 3 is 3.00 bits per heavy atom. The summed E-state index contributed by atoms with van der Waals surface area (Å²) in [5.74, 6) is 2.93. The largest absolute Gasteiger partial charge is 0.472 e. The molecule has 1 fully saturated rings. The molecule has 0 saturated carbocycles. The number of aliphatic imine (C=N–C) groups is 1. The van der Waals surface area contributed by atoms with Gasteiger partial charge in [-0.2, -0.15) is 11.8 Å². The van der Waals surface area contributed by atoms with Crippen LogP contribution < -0.4 is 5.73 Å². The number of nitrogens with two attached hydrogens (primary N) is 1. The van der Waals surface area contributed by atoms with E-state index in [0.717, 1.165) is 30.2 Å². The lowest BCUT2D eigenvalue weighted by Crippen LogP contribution is -2.42. The van der Waals surface area contributed by atoms with E-state index >= 15 is 0 Å². The third kappa shape index (κ3) is 2.92. The molecule has 1 aliphatic rings. The molecule has 0 spiro atoms. The molecule has 4 nitrogen and oxygen atoms in total. The summed E-state index contributed by atoms with van der Waals surface area (Å²) in [4.78, 5) is 6.48. The van der Waals surface area contributed by atoms with Gasteiger partial charge in [0.1, 0.15) is 0 Å². The first-order chi connectivity index (χ1) is 7.36. The molecule has 5 heteroatoms. The van der Waals surface area contributed by atoms with Crippen LogP contribution in [0.2, 0.25) is 0 Å². The van der Waals surface area contributed by atoms with Gasteiger partial charge in [-0.25, -0.2) is 4.99 Å². The average Bonchev–Trinajstić information content (AvgIpc) is 2.80. The molecule has 0 aliphatic carbocycles. The molecule has 1 aromatic heterocycles. The Hall–Kier alpha value is -1.10. The van der Waals surface area contributed by atoms with Gasteiger partial charge in [-0.15, -0.1) is 0 Å². The minimum atomic E-state index is 0.603. The Kier molecular flexibility index (Phi) is 3.55. The Bertz CT molecular complexity index is 317. The van der Waals surface area contributed by atoms with E-state index < -0.39 is 0 Å². The van der Waals surface area contributed by atoms with Gasteiger partial charge in [0.05, 0.1) is 19.1 Å². The Balaban J connectivity index is 1.88. The van der Waals surface area contributed by atoms with Gasteiger partial charge in [-0.1, -0.05) is 0 Å². The van der Waals surface area contributed by atoms with Crippen molar-refractivity contribution in [2.45, 2.75) is 6.54 Å². The summed E-state index contributed by atoms with van der Waals surface area (Å²) in [7, 11) is 0. The second-order valence-corrected chi connectivity index (χ2v) is 4.63. The van der Waals surface area contributed by atoms with Crippen LogP contribution >= 0.6 is 11.8 Å². The van der Waals surface area contributed by atoms with Crippen LogP contribution in [0.4, 0.5) is 0 Å². The lowest BCUT2D eigenvalue weighted by molar-refractivity contribution is 0.455. The highest BCUT2D eigenvalue weighted by molar-refractivity contribution is 7.99. The SMILES string of the molecule is NC(=NCc1ccoc1)N1CCSCC1. The van der Waals surface area contributed by atoms with Crippen LogP contribution in [0.15, 0.2) is 28.0 Å². The molecule has 1 aromatic rings. The monoisotopic (exact) mass is 225 g/mol. The molecule has 82 valence electrons. The molecule has 1 saturated heterocycles. The fraction of sp³-hybridized carbons (Fsp3) is 0.500. The molecule has 0 radical (unpaired) electrons. The van der Waals surface area contributed by atoms with Crippen molar-refractivity contribution >= 4 is 17.7 Å². The van der Waals surface area contributed by atoms with Crippen molar-refractivity contribution in [1.82, 2.24) is 4.90 Å². The van der Waals surface area contributed by atoms with Crippen molar-refractivity contribution in [3.8, 4) is 0 Å². The average molecular weight is 225 g/mol. The maximum absolute atomic E-state index is 5.90. The minimum absolute atomic E-state index is 0.603. The van der Waals surface area contributed by atoms with Crippen molar-refractivity contribution in [2.24, 2.45) is 10.7 Å². The number of guanidine groups is 1. The van der Waals surface area contributed by atoms with E-state index in [4.69, 9.17) is 10.2 Å². The molecule has 0 aromatic carbocycles. The zero-order chi connectivity index (χ0) is 10.5. The molecule has 2 heterocycles. The fourth-order valence-corrected chi connectivity index (χ4v) is 2.35. The van der Waals surface area contributed by atoms with Crippen LogP contribution in [0.3, 0.4) is 0 Å². The highest BCUT2D eigenvalue weighted by atomic mass is 32.2. The molecule has 2 N–H and O–H groups in total. The normalized spacial score (nSPS) is 18.1. The highest BCUT2D eigenvalue weighted by Gasteiger charge is 2.11. The maximum atomic E-state index is 5.90. The van der Waals surface area contributed by atoms with Crippen LogP contribution in [0.1, 0.15) is 5.56 Å². The van der Waals surface area contributed by atoms with E-state index in [9.17, 15) is 0 Å². The first-order valence-corrected chi connectivity index (χ1v) is 6.15. The molecule has 2 rings (SSSR count). The van der Waals surface area contributed by atoms with Crippen molar-refractivity contribution in [3.63, 3.8) is 0 Å². The van der Waals surface area contributed by atoms with Crippen LogP contribution in [-0.2, 0) is 6.54 Å². The number of hydrogen-bond acceptors (Lipinski definition) is 3. The summed E-state index contributed by atoms with van der Waals surface area (Å²) in [5, 5.41) is 0. The third-order valence-corrected chi connectivity index (χ3v) is 3.28. The van der Waals surface area contributed by atoms with Crippen molar-refractivity contribution in [1.29, 1.82) is 0 Å². The molecular formula is C10H15N3OS. The predicted molar refractivity (Wildman–Crippen MR) is 62.9 cm³/mol. The van der Waals surface area contributed by atoms with Crippen LogP contribution in [0, 0.1) is 0 Å². The van der Waals surface area contributed by atoms with Gasteiger partial charge in [-0.05, 0) is 6.07 Å². The molecule has 0 unspecified atom stereocenters. The van der Waals surface area contributed by atoms with Crippen molar-refractivity contribution in [3.05, 3.63) is 24.2 Å². The number of thioether (sulfide) groups is 1. The predicted octanol–water partition coefficient (Wildman–Crippen LogP) is 1.14. The van der Waals surface area contributed by atoms with E-state index in [1.54, 1.807) is 12.5 Å². The molecule has 0 amide bonds. The molecule has 0 bridgehead atoms. The molecule has 1 aliphatic heterocycles. The first-order valence-electron chi connectivity index (χ1n) is 5.00. The highest BCUT2D eigenvalue weighted by Crippen LogP contribution is 2.09. The lowest BCUT2D eigenvalue weighted by atomic mass is 10.3. The second kappa shape index (κ2) is 5.11. The summed E-state index contributed by atoms with van der Waals surface area (Å²) in [6.07, 6.45) is 3.35. The number of hydrogen-bond donors (Lipinski definition) is 1. The topological polar surface area (TPSA) is 54.8 Å². The lowest BCUT2D eigenvalue weighted by Gasteiger charge is -2.27. The number of rotatable bonds is 2. The van der Waals surface area contributed by atoms with E-state index in [-0.39, 0.29) is 0 Å². The maximum Gasteiger partial charge on any atom is 0.191 e. The Labute approximate surface area is 93.5 Å². The van der Waals surface area contributed by atoms with Crippen molar-refractivity contribution in [2.75, 3.05) is 24.6 Å². The van der Waals surface area contributed by atoms with E-state index in [0.29, 0.717) is 12.5 Å². The van der Waals surface area contributed by atoms with Gasteiger partial charge in [0.15, 0.2) is 5.96 Å². The zero-order valence-electron chi connectivity index (χ0n) is 8.56. The quantitative estimate of drug-likeness (QED) is 0.606. The first kappa shape index (κ1) is 10.4. The second-order valence-electron chi connectivity index (χ2n) is 3.41. The summed E-state index contributed by atoms with van der Waals surface area (Å²) >= 11 is 1.96. The van der Waals surface area contributed by atoms with Gasteiger partial charge in [0, 0.05) is 30.2 Å². The number of furan rings is 1. The third-order valence-electron chi connectivity index (χ3n) is 2.34. The van der Waals surface area contributed by atoms with Gasteiger partial charge < -0.3 is 15.1 Å². The van der Waals surface area contributed by atoms with E-state index in [1.165, 1.54) is 0 Å². The smallest absolute Gasteiger partial charge is 0.191 e. The van der Waals surface area contributed by atoms with Crippen LogP contribution in [0.25, 0.3) is 0 Å². The molecule has 15 heavy (non-hydrogen) atoms.